The maximum Gasteiger partial charge on any atom is 0.260 e. The van der Waals surface area contributed by atoms with Crippen molar-refractivity contribution < 1.29 is 9.53 Å². The van der Waals surface area contributed by atoms with E-state index >= 15 is 0 Å². The molecule has 0 bridgehead atoms. The zero-order valence-electron chi connectivity index (χ0n) is 11.9. The van der Waals surface area contributed by atoms with Crippen molar-refractivity contribution >= 4 is 5.91 Å². The Morgan fingerprint density at radius 2 is 2.00 bits per heavy atom. The first-order chi connectivity index (χ1) is 9.15. The van der Waals surface area contributed by atoms with E-state index in [0.717, 1.165) is 37.6 Å². The summed E-state index contributed by atoms with van der Waals surface area (Å²) in [5.41, 5.74) is 1.19. The summed E-state index contributed by atoms with van der Waals surface area (Å²) in [4.78, 5) is 14.0. The molecule has 1 fully saturated rings. The molecule has 0 spiro atoms. The third-order valence-electron chi connectivity index (χ3n) is 3.75. The Morgan fingerprint density at radius 3 is 2.74 bits per heavy atom. The molecule has 1 unspecified atom stereocenters. The smallest absolute Gasteiger partial charge is 0.260 e. The quantitative estimate of drug-likeness (QED) is 0.837. The van der Waals surface area contributed by atoms with Crippen molar-refractivity contribution in [3.05, 3.63) is 29.8 Å². The van der Waals surface area contributed by atoms with Gasteiger partial charge in [0.1, 0.15) is 5.75 Å². The molecule has 0 radical (unpaired) electrons. The van der Waals surface area contributed by atoms with Crippen LogP contribution in [0, 0.1) is 12.8 Å². The van der Waals surface area contributed by atoms with Gasteiger partial charge in [-0.15, -0.1) is 0 Å². The summed E-state index contributed by atoms with van der Waals surface area (Å²) < 4.78 is 5.55. The molecule has 0 aromatic heterocycles. The van der Waals surface area contributed by atoms with Crippen molar-refractivity contribution in [1.29, 1.82) is 0 Å². The molecular weight excluding hydrogens is 238 g/mol. The molecule has 0 saturated carbocycles. The van der Waals surface area contributed by atoms with Crippen LogP contribution in [0.15, 0.2) is 24.3 Å². The zero-order valence-corrected chi connectivity index (χ0v) is 11.9. The Morgan fingerprint density at radius 1 is 1.26 bits per heavy atom. The van der Waals surface area contributed by atoms with E-state index in [0.29, 0.717) is 0 Å². The van der Waals surface area contributed by atoms with E-state index in [1.54, 1.807) is 0 Å². The van der Waals surface area contributed by atoms with Crippen LogP contribution < -0.4 is 4.74 Å². The van der Waals surface area contributed by atoms with Gasteiger partial charge in [0.25, 0.3) is 5.91 Å². The molecule has 3 nitrogen and oxygen atoms in total. The number of ether oxygens (including phenoxy) is 1. The Hall–Kier alpha value is -1.51. The maximum absolute atomic E-state index is 12.1. The van der Waals surface area contributed by atoms with Crippen LogP contribution in [0.5, 0.6) is 5.75 Å². The van der Waals surface area contributed by atoms with E-state index in [1.807, 2.05) is 36.1 Å². The highest BCUT2D eigenvalue weighted by molar-refractivity contribution is 5.77. The largest absolute Gasteiger partial charge is 0.484 e. The summed E-state index contributed by atoms with van der Waals surface area (Å²) in [6.07, 6.45) is 3.44. The second-order valence-corrected chi connectivity index (χ2v) is 5.52. The molecule has 1 heterocycles. The fourth-order valence-electron chi connectivity index (χ4n) is 2.38. The third-order valence-corrected chi connectivity index (χ3v) is 3.75. The zero-order chi connectivity index (χ0) is 13.7. The van der Waals surface area contributed by atoms with Crippen molar-refractivity contribution in [3.8, 4) is 5.75 Å². The lowest BCUT2D eigenvalue weighted by Gasteiger charge is -2.20. The van der Waals surface area contributed by atoms with Crippen LogP contribution in [0.3, 0.4) is 0 Å². The summed E-state index contributed by atoms with van der Waals surface area (Å²) in [5, 5.41) is 0. The Kier molecular flexibility index (Phi) is 4.83. The maximum atomic E-state index is 12.1. The van der Waals surface area contributed by atoms with Crippen molar-refractivity contribution in [2.45, 2.75) is 33.1 Å². The third kappa shape index (κ3) is 4.27. The van der Waals surface area contributed by atoms with Crippen molar-refractivity contribution in [2.75, 3.05) is 19.7 Å². The fraction of sp³-hybridized carbons (Fsp3) is 0.562. The highest BCUT2D eigenvalue weighted by Gasteiger charge is 2.18. The minimum absolute atomic E-state index is 0.106. The predicted octanol–water partition coefficient (Wildman–Crippen LogP) is 3.02. The van der Waals surface area contributed by atoms with Gasteiger partial charge in [0, 0.05) is 13.1 Å². The van der Waals surface area contributed by atoms with Gasteiger partial charge < -0.3 is 9.64 Å². The molecule has 0 aliphatic carbocycles. The average molecular weight is 261 g/mol. The monoisotopic (exact) mass is 261 g/mol. The van der Waals surface area contributed by atoms with Crippen LogP contribution in [0.1, 0.15) is 31.7 Å². The van der Waals surface area contributed by atoms with Crippen LogP contribution in [0.4, 0.5) is 0 Å². The second kappa shape index (κ2) is 6.60. The lowest BCUT2D eigenvalue weighted by Crippen LogP contribution is -2.35. The number of amides is 1. The minimum Gasteiger partial charge on any atom is -0.484 e. The molecule has 1 aliphatic rings. The van der Waals surface area contributed by atoms with Crippen LogP contribution in [-0.4, -0.2) is 30.5 Å². The van der Waals surface area contributed by atoms with Crippen molar-refractivity contribution in [1.82, 2.24) is 4.90 Å². The van der Waals surface area contributed by atoms with Crippen molar-refractivity contribution in [2.24, 2.45) is 5.92 Å². The van der Waals surface area contributed by atoms with Crippen molar-refractivity contribution in [3.63, 3.8) is 0 Å². The number of rotatable bonds is 3. The highest BCUT2D eigenvalue weighted by Crippen LogP contribution is 2.17. The number of nitrogens with zero attached hydrogens (tertiary/aromatic N) is 1. The van der Waals surface area contributed by atoms with Crippen LogP contribution in [0.25, 0.3) is 0 Å². The number of carbonyl (C=O) groups excluding carboxylic acids is 1. The Labute approximate surface area is 115 Å². The van der Waals surface area contributed by atoms with E-state index < -0.39 is 0 Å². The molecule has 1 amide bonds. The number of likely N-dealkylation sites (tertiary alicyclic amines) is 1. The molecule has 1 saturated heterocycles. The van der Waals surface area contributed by atoms with Crippen LogP contribution in [-0.2, 0) is 4.79 Å². The summed E-state index contributed by atoms with van der Waals surface area (Å²) >= 11 is 0. The van der Waals surface area contributed by atoms with Gasteiger partial charge in [0.2, 0.25) is 0 Å². The number of hydrogen-bond acceptors (Lipinski definition) is 2. The highest BCUT2D eigenvalue weighted by atomic mass is 16.5. The van der Waals surface area contributed by atoms with E-state index in [9.17, 15) is 4.79 Å². The van der Waals surface area contributed by atoms with Gasteiger partial charge in [0.15, 0.2) is 6.61 Å². The number of benzene rings is 1. The summed E-state index contributed by atoms with van der Waals surface area (Å²) in [6, 6.07) is 7.81. The average Bonchev–Trinajstić information content (AvgIpc) is 2.63. The van der Waals surface area contributed by atoms with Gasteiger partial charge in [-0.05, 0) is 44.2 Å². The molecule has 0 N–H and O–H groups in total. The minimum atomic E-state index is 0.106. The first kappa shape index (κ1) is 13.9. The number of aryl methyl sites for hydroxylation is 1. The molecule has 3 heteroatoms. The molecule has 104 valence electrons. The molecule has 1 aliphatic heterocycles. The Balaban J connectivity index is 1.82. The van der Waals surface area contributed by atoms with E-state index in [2.05, 4.69) is 6.92 Å². The Bertz CT molecular complexity index is 413. The molecule has 19 heavy (non-hydrogen) atoms. The second-order valence-electron chi connectivity index (χ2n) is 5.52. The van der Waals surface area contributed by atoms with Gasteiger partial charge in [-0.2, -0.15) is 0 Å². The summed E-state index contributed by atoms with van der Waals surface area (Å²) in [7, 11) is 0. The SMILES string of the molecule is Cc1ccc(OCC(=O)N2CCCC(C)CC2)cc1. The van der Waals surface area contributed by atoms with E-state index in [-0.39, 0.29) is 12.5 Å². The van der Waals surface area contributed by atoms with Gasteiger partial charge in [-0.1, -0.05) is 24.6 Å². The standard InChI is InChI=1S/C16H23NO2/c1-13-4-3-10-17(11-9-13)16(18)12-19-15-7-5-14(2)6-8-15/h5-8,13H,3-4,9-12H2,1-2H3. The number of hydrogen-bond donors (Lipinski definition) is 0. The summed E-state index contributed by atoms with van der Waals surface area (Å²) in [5.74, 6) is 1.60. The fourth-order valence-corrected chi connectivity index (χ4v) is 2.38. The van der Waals surface area contributed by atoms with Gasteiger partial charge in [0.05, 0.1) is 0 Å². The van der Waals surface area contributed by atoms with Gasteiger partial charge in [-0.3, -0.25) is 4.79 Å². The molecule has 2 rings (SSSR count). The normalized spacial score (nSPS) is 19.9. The molecule has 1 aromatic carbocycles. The lowest BCUT2D eigenvalue weighted by molar-refractivity contribution is -0.133. The molecular formula is C16H23NO2. The first-order valence-corrected chi connectivity index (χ1v) is 7.12. The van der Waals surface area contributed by atoms with E-state index in [1.165, 1.54) is 12.0 Å². The predicted molar refractivity (Wildman–Crippen MR) is 76.3 cm³/mol. The molecule has 1 atom stereocenters. The number of carbonyl (C=O) groups is 1. The van der Waals surface area contributed by atoms with E-state index in [4.69, 9.17) is 4.74 Å². The molecule has 1 aromatic rings. The van der Waals surface area contributed by atoms with Gasteiger partial charge in [-0.25, -0.2) is 0 Å². The van der Waals surface area contributed by atoms with Crippen LogP contribution in [0.2, 0.25) is 0 Å². The lowest BCUT2D eigenvalue weighted by atomic mass is 10.0. The van der Waals surface area contributed by atoms with Gasteiger partial charge >= 0.3 is 0 Å². The topological polar surface area (TPSA) is 29.5 Å². The van der Waals surface area contributed by atoms with Crippen LogP contribution >= 0.6 is 0 Å². The first-order valence-electron chi connectivity index (χ1n) is 7.12. The summed E-state index contributed by atoms with van der Waals surface area (Å²) in [6.45, 7) is 6.19.